The highest BCUT2D eigenvalue weighted by Crippen LogP contribution is 2.33. The second-order valence-corrected chi connectivity index (χ2v) is 9.65. The third kappa shape index (κ3) is 3.70. The Morgan fingerprint density at radius 3 is 2.47 bits per heavy atom. The smallest absolute Gasteiger partial charge is 0.196 e. The summed E-state index contributed by atoms with van der Waals surface area (Å²) in [4.78, 5) is 26.0. The van der Waals surface area contributed by atoms with Crippen LogP contribution in [0, 0.1) is 12.8 Å². The molecular formula is C22H21N3O4S. The zero-order valence-electron chi connectivity index (χ0n) is 16.4. The highest BCUT2D eigenvalue weighted by molar-refractivity contribution is 7.92. The summed E-state index contributed by atoms with van der Waals surface area (Å²) < 4.78 is 28.0. The fourth-order valence-corrected chi connectivity index (χ4v) is 5.78. The second-order valence-electron chi connectivity index (χ2n) is 7.48. The van der Waals surface area contributed by atoms with Crippen LogP contribution in [0.3, 0.4) is 0 Å². The highest BCUT2D eigenvalue weighted by atomic mass is 32.2. The SMILES string of the molecule is Cc1ccc(S(=O)(=O)[C@H]2CCCC(=O)[C@@H]2C(=O)c2cn(-c3ccccc3)nn2)cc1. The van der Waals surface area contributed by atoms with Gasteiger partial charge in [0.05, 0.1) is 27.9 Å². The lowest BCUT2D eigenvalue weighted by Gasteiger charge is -2.28. The molecule has 0 bridgehead atoms. The molecule has 0 aliphatic heterocycles. The molecule has 2 aromatic carbocycles. The van der Waals surface area contributed by atoms with Crippen LogP contribution in [0.2, 0.25) is 0 Å². The number of sulfone groups is 1. The molecule has 8 heteroatoms. The number of Topliss-reactive ketones (excluding diaryl/α,β-unsaturated/α-hetero) is 2. The number of hydrogen-bond donors (Lipinski definition) is 0. The van der Waals surface area contributed by atoms with Crippen LogP contribution in [0.4, 0.5) is 0 Å². The number of carbonyl (C=O) groups is 2. The van der Waals surface area contributed by atoms with E-state index in [2.05, 4.69) is 10.3 Å². The molecule has 0 radical (unpaired) electrons. The van der Waals surface area contributed by atoms with Gasteiger partial charge in [0.2, 0.25) is 0 Å². The van der Waals surface area contributed by atoms with Crippen molar-refractivity contribution >= 4 is 21.4 Å². The molecule has 154 valence electrons. The summed E-state index contributed by atoms with van der Waals surface area (Å²) in [6.45, 7) is 1.86. The summed E-state index contributed by atoms with van der Waals surface area (Å²) in [6, 6.07) is 15.6. The third-order valence-electron chi connectivity index (χ3n) is 5.43. The average Bonchev–Trinajstić information content (AvgIpc) is 3.24. The molecule has 0 N–H and O–H groups in total. The molecule has 1 heterocycles. The van der Waals surface area contributed by atoms with E-state index in [-0.39, 0.29) is 29.2 Å². The molecule has 1 aliphatic rings. The number of aryl methyl sites for hydroxylation is 1. The molecular weight excluding hydrogens is 402 g/mol. The molecule has 7 nitrogen and oxygen atoms in total. The van der Waals surface area contributed by atoms with E-state index in [9.17, 15) is 18.0 Å². The number of nitrogens with zero attached hydrogens (tertiary/aromatic N) is 3. The molecule has 1 saturated carbocycles. The Kier molecular flexibility index (Phi) is 5.34. The first-order valence-electron chi connectivity index (χ1n) is 9.73. The normalized spacial score (nSPS) is 19.6. The lowest BCUT2D eigenvalue weighted by Crippen LogP contribution is -2.43. The molecule has 1 aromatic heterocycles. The molecule has 0 unspecified atom stereocenters. The first-order valence-corrected chi connectivity index (χ1v) is 11.3. The maximum absolute atomic E-state index is 13.3. The van der Waals surface area contributed by atoms with Gasteiger partial charge >= 0.3 is 0 Å². The minimum Gasteiger partial charge on any atom is -0.299 e. The van der Waals surface area contributed by atoms with Crippen molar-refractivity contribution < 1.29 is 18.0 Å². The molecule has 4 rings (SSSR count). The number of rotatable bonds is 5. The summed E-state index contributed by atoms with van der Waals surface area (Å²) in [6.07, 6.45) is 2.32. The predicted molar refractivity (Wildman–Crippen MR) is 110 cm³/mol. The third-order valence-corrected chi connectivity index (χ3v) is 7.66. The van der Waals surface area contributed by atoms with E-state index in [1.165, 1.54) is 23.0 Å². The van der Waals surface area contributed by atoms with E-state index in [0.29, 0.717) is 12.1 Å². The quantitative estimate of drug-likeness (QED) is 0.462. The van der Waals surface area contributed by atoms with E-state index in [1.54, 1.807) is 24.3 Å². The Bertz CT molecular complexity index is 1180. The van der Waals surface area contributed by atoms with Gasteiger partial charge in [-0.25, -0.2) is 13.1 Å². The Morgan fingerprint density at radius 1 is 1.07 bits per heavy atom. The van der Waals surface area contributed by atoms with Gasteiger partial charge in [0.25, 0.3) is 0 Å². The van der Waals surface area contributed by atoms with Gasteiger partial charge in [0.15, 0.2) is 15.6 Å². The van der Waals surface area contributed by atoms with Crippen LogP contribution in [-0.2, 0) is 14.6 Å². The lowest BCUT2D eigenvalue weighted by molar-refractivity contribution is -0.122. The maximum Gasteiger partial charge on any atom is 0.196 e. The zero-order chi connectivity index (χ0) is 21.3. The highest BCUT2D eigenvalue weighted by Gasteiger charge is 2.45. The van der Waals surface area contributed by atoms with Crippen LogP contribution >= 0.6 is 0 Å². The first kappa shape index (κ1) is 20.2. The minimum atomic E-state index is -3.86. The van der Waals surface area contributed by atoms with E-state index in [0.717, 1.165) is 5.56 Å². The number of carbonyl (C=O) groups excluding carboxylic acids is 2. The summed E-state index contributed by atoms with van der Waals surface area (Å²) in [5.41, 5.74) is 1.63. The number of benzene rings is 2. The van der Waals surface area contributed by atoms with Crippen molar-refractivity contribution in [3.8, 4) is 5.69 Å². The van der Waals surface area contributed by atoms with E-state index >= 15 is 0 Å². The van der Waals surface area contributed by atoms with Crippen LogP contribution in [0.5, 0.6) is 0 Å². The number of hydrogen-bond acceptors (Lipinski definition) is 6. The molecule has 0 saturated heterocycles. The monoisotopic (exact) mass is 423 g/mol. The van der Waals surface area contributed by atoms with Crippen LogP contribution in [0.1, 0.15) is 35.3 Å². The van der Waals surface area contributed by atoms with Gasteiger partial charge in [0, 0.05) is 6.42 Å². The van der Waals surface area contributed by atoms with Crippen LogP contribution in [0.25, 0.3) is 5.69 Å². The Balaban J connectivity index is 1.68. The lowest BCUT2D eigenvalue weighted by atomic mass is 9.83. The van der Waals surface area contributed by atoms with Crippen molar-refractivity contribution in [2.24, 2.45) is 5.92 Å². The van der Waals surface area contributed by atoms with Gasteiger partial charge in [-0.05, 0) is 44.0 Å². The zero-order valence-corrected chi connectivity index (χ0v) is 17.2. The van der Waals surface area contributed by atoms with E-state index < -0.39 is 26.8 Å². The molecule has 1 fully saturated rings. The van der Waals surface area contributed by atoms with Gasteiger partial charge in [-0.15, -0.1) is 5.10 Å². The summed E-state index contributed by atoms with van der Waals surface area (Å²) in [5, 5.41) is 6.79. The molecule has 0 amide bonds. The largest absolute Gasteiger partial charge is 0.299 e. The topological polar surface area (TPSA) is 99.0 Å². The fraction of sp³-hybridized carbons (Fsp3) is 0.273. The number of ketones is 2. The van der Waals surface area contributed by atoms with E-state index in [4.69, 9.17) is 0 Å². The Hall–Kier alpha value is -3.13. The van der Waals surface area contributed by atoms with Crippen LogP contribution in [0.15, 0.2) is 65.7 Å². The van der Waals surface area contributed by atoms with Gasteiger partial charge in [-0.2, -0.15) is 0 Å². The fourth-order valence-electron chi connectivity index (χ4n) is 3.80. The number of aromatic nitrogens is 3. The standard InChI is InChI=1S/C22H21N3O4S/c1-15-10-12-17(13-11-15)30(28,29)20-9-5-8-19(26)21(20)22(27)18-14-25(24-23-18)16-6-3-2-4-7-16/h2-4,6-7,10-14,20-21H,5,8-9H2,1H3/t20-,21-/m0/s1. The molecule has 0 spiro atoms. The van der Waals surface area contributed by atoms with Gasteiger partial charge < -0.3 is 0 Å². The maximum atomic E-state index is 13.3. The summed E-state index contributed by atoms with van der Waals surface area (Å²) in [7, 11) is -3.86. The van der Waals surface area contributed by atoms with Gasteiger partial charge in [-0.1, -0.05) is 41.1 Å². The number of para-hydroxylation sites is 1. The average molecular weight is 423 g/mol. The van der Waals surface area contributed by atoms with Crippen molar-refractivity contribution in [1.29, 1.82) is 0 Å². The molecule has 3 aromatic rings. The van der Waals surface area contributed by atoms with Crippen LogP contribution < -0.4 is 0 Å². The van der Waals surface area contributed by atoms with Crippen LogP contribution in [-0.4, -0.2) is 40.2 Å². The first-order chi connectivity index (χ1) is 14.4. The van der Waals surface area contributed by atoms with Crippen molar-refractivity contribution in [3.05, 3.63) is 72.1 Å². The predicted octanol–water partition coefficient (Wildman–Crippen LogP) is 2.97. The summed E-state index contributed by atoms with van der Waals surface area (Å²) >= 11 is 0. The van der Waals surface area contributed by atoms with Crippen molar-refractivity contribution in [2.45, 2.75) is 36.3 Å². The molecule has 2 atom stereocenters. The second kappa shape index (κ2) is 7.95. The van der Waals surface area contributed by atoms with E-state index in [1.807, 2.05) is 25.1 Å². The Morgan fingerprint density at radius 2 is 1.77 bits per heavy atom. The molecule has 30 heavy (non-hydrogen) atoms. The summed E-state index contributed by atoms with van der Waals surface area (Å²) in [5.74, 6) is -2.23. The minimum absolute atomic E-state index is 0.0109. The van der Waals surface area contributed by atoms with Crippen molar-refractivity contribution in [1.82, 2.24) is 15.0 Å². The van der Waals surface area contributed by atoms with Crippen molar-refractivity contribution in [3.63, 3.8) is 0 Å². The van der Waals surface area contributed by atoms with Gasteiger partial charge in [-0.3, -0.25) is 9.59 Å². The molecule has 1 aliphatic carbocycles. The Labute approximate surface area is 174 Å². The van der Waals surface area contributed by atoms with Gasteiger partial charge in [0.1, 0.15) is 11.5 Å². The van der Waals surface area contributed by atoms with Crippen molar-refractivity contribution in [2.75, 3.05) is 0 Å².